The van der Waals surface area contributed by atoms with E-state index in [1.165, 1.54) is 13.3 Å². The van der Waals surface area contributed by atoms with E-state index in [1.807, 2.05) is 13.5 Å². The highest BCUT2D eigenvalue weighted by Gasteiger charge is 2.39. The van der Waals surface area contributed by atoms with Crippen molar-refractivity contribution in [2.24, 2.45) is 0 Å². The van der Waals surface area contributed by atoms with Crippen LogP contribution in [0.2, 0.25) is 12.6 Å². The van der Waals surface area contributed by atoms with Gasteiger partial charge < -0.3 is 9.16 Å². The minimum absolute atomic E-state index is 0.182. The van der Waals surface area contributed by atoms with Crippen LogP contribution >= 0.6 is 0 Å². The number of carbonyl (C=O) groups is 1. The standard InChI is InChI=1S/C8H17FOSi.C6H12O2/c1-3-8(9)11(2)7-5-4-6-10-11;1-3-4-5-8-6(2)7/h8H,3-7H2,1-2H3;3-5H2,1-2H3. The van der Waals surface area contributed by atoms with Gasteiger partial charge in [0.05, 0.1) is 6.61 Å². The molecule has 114 valence electrons. The molecule has 1 saturated heterocycles. The van der Waals surface area contributed by atoms with E-state index in [2.05, 4.69) is 11.7 Å². The molecule has 19 heavy (non-hydrogen) atoms. The highest BCUT2D eigenvalue weighted by molar-refractivity contribution is 6.73. The van der Waals surface area contributed by atoms with E-state index >= 15 is 0 Å². The summed E-state index contributed by atoms with van der Waals surface area (Å²) in [7, 11) is -1.91. The van der Waals surface area contributed by atoms with Crippen molar-refractivity contribution in [2.45, 2.75) is 71.3 Å². The summed E-state index contributed by atoms with van der Waals surface area (Å²) >= 11 is 0. The van der Waals surface area contributed by atoms with E-state index in [0.717, 1.165) is 31.9 Å². The summed E-state index contributed by atoms with van der Waals surface area (Å²) < 4.78 is 23.6. The molecule has 1 fully saturated rings. The molecule has 1 heterocycles. The van der Waals surface area contributed by atoms with Gasteiger partial charge in [-0.3, -0.25) is 4.79 Å². The molecule has 2 unspecified atom stereocenters. The van der Waals surface area contributed by atoms with Gasteiger partial charge in [-0.25, -0.2) is 4.39 Å². The highest BCUT2D eigenvalue weighted by atomic mass is 28.4. The van der Waals surface area contributed by atoms with Crippen molar-refractivity contribution < 1.29 is 18.3 Å². The van der Waals surface area contributed by atoms with Crippen LogP contribution in [0.4, 0.5) is 4.39 Å². The van der Waals surface area contributed by atoms with Crippen molar-refractivity contribution in [1.29, 1.82) is 0 Å². The number of ether oxygens (including phenoxy) is 1. The summed E-state index contributed by atoms with van der Waals surface area (Å²) in [6, 6.07) is 1.02. The molecule has 2 atom stereocenters. The second kappa shape index (κ2) is 10.4. The Bertz CT molecular complexity index is 243. The lowest BCUT2D eigenvalue weighted by Gasteiger charge is -2.33. The number of esters is 1. The number of halogens is 1. The van der Waals surface area contributed by atoms with Crippen LogP contribution in [0.3, 0.4) is 0 Å². The number of alkyl halides is 1. The fourth-order valence-corrected chi connectivity index (χ4v) is 5.06. The van der Waals surface area contributed by atoms with Gasteiger partial charge in [-0.05, 0) is 31.9 Å². The summed E-state index contributed by atoms with van der Waals surface area (Å²) in [4.78, 5) is 10.1. The van der Waals surface area contributed by atoms with E-state index in [1.54, 1.807) is 0 Å². The molecule has 0 aromatic rings. The number of hydrogen-bond acceptors (Lipinski definition) is 3. The van der Waals surface area contributed by atoms with Crippen LogP contribution in [0.1, 0.15) is 52.9 Å². The van der Waals surface area contributed by atoms with Gasteiger partial charge in [-0.15, -0.1) is 0 Å². The molecule has 0 radical (unpaired) electrons. The van der Waals surface area contributed by atoms with E-state index in [-0.39, 0.29) is 5.97 Å². The first-order chi connectivity index (χ1) is 8.96. The molecule has 0 aliphatic carbocycles. The zero-order chi connectivity index (χ0) is 14.7. The van der Waals surface area contributed by atoms with Gasteiger partial charge in [-0.2, -0.15) is 0 Å². The summed E-state index contributed by atoms with van der Waals surface area (Å²) in [6.07, 6.45) is 4.97. The first-order valence-corrected chi connectivity index (χ1v) is 10.1. The maximum atomic E-state index is 13.3. The first-order valence-electron chi connectivity index (χ1n) is 7.37. The fourth-order valence-electron chi connectivity index (χ4n) is 1.99. The SMILES string of the molecule is CCC(F)[Si]1(C)CCCCO1.CCCCOC(C)=O. The summed E-state index contributed by atoms with van der Waals surface area (Å²) in [5.41, 5.74) is 0. The molecule has 0 N–H and O–H groups in total. The number of unbranched alkanes of at least 4 members (excludes halogenated alkanes) is 1. The number of carbonyl (C=O) groups excluding carboxylic acids is 1. The Morgan fingerprint density at radius 1 is 1.42 bits per heavy atom. The van der Waals surface area contributed by atoms with Crippen molar-refractivity contribution in [3.05, 3.63) is 0 Å². The summed E-state index contributed by atoms with van der Waals surface area (Å²) in [6.45, 7) is 8.79. The van der Waals surface area contributed by atoms with Gasteiger partial charge in [0.1, 0.15) is 5.79 Å². The average molecular weight is 292 g/mol. The first kappa shape index (κ1) is 18.6. The minimum atomic E-state index is -1.91. The van der Waals surface area contributed by atoms with Crippen molar-refractivity contribution in [3.8, 4) is 0 Å². The van der Waals surface area contributed by atoms with Gasteiger partial charge in [-0.1, -0.05) is 26.7 Å². The van der Waals surface area contributed by atoms with Crippen LogP contribution in [0.5, 0.6) is 0 Å². The lowest BCUT2D eigenvalue weighted by Crippen LogP contribution is -2.47. The molecule has 5 heteroatoms. The Balaban J connectivity index is 0.000000362. The third-order valence-corrected chi connectivity index (χ3v) is 7.27. The third kappa shape index (κ3) is 8.37. The Kier molecular flexibility index (Phi) is 10.1. The Labute approximate surface area is 118 Å². The van der Waals surface area contributed by atoms with Crippen LogP contribution < -0.4 is 0 Å². The second-order valence-corrected chi connectivity index (χ2v) is 9.23. The zero-order valence-electron chi connectivity index (χ0n) is 12.8. The Hall–Kier alpha value is -0.423. The number of hydrogen-bond donors (Lipinski definition) is 0. The van der Waals surface area contributed by atoms with Gasteiger partial charge in [0, 0.05) is 13.5 Å². The van der Waals surface area contributed by atoms with Gasteiger partial charge in [0.15, 0.2) is 0 Å². The lowest BCUT2D eigenvalue weighted by atomic mass is 10.4. The quantitative estimate of drug-likeness (QED) is 0.436. The molecular formula is C14H29FO3Si. The van der Waals surface area contributed by atoms with E-state index in [9.17, 15) is 9.18 Å². The highest BCUT2D eigenvalue weighted by Crippen LogP contribution is 2.27. The van der Waals surface area contributed by atoms with Crippen LogP contribution in [-0.2, 0) is 14.0 Å². The monoisotopic (exact) mass is 292 g/mol. The Morgan fingerprint density at radius 3 is 2.53 bits per heavy atom. The topological polar surface area (TPSA) is 35.5 Å². The molecule has 3 nitrogen and oxygen atoms in total. The molecular weight excluding hydrogens is 263 g/mol. The van der Waals surface area contributed by atoms with Crippen molar-refractivity contribution >= 4 is 14.3 Å². The van der Waals surface area contributed by atoms with E-state index in [4.69, 9.17) is 4.43 Å². The zero-order valence-corrected chi connectivity index (χ0v) is 13.8. The third-order valence-electron chi connectivity index (χ3n) is 3.32. The van der Waals surface area contributed by atoms with E-state index < -0.39 is 14.1 Å². The van der Waals surface area contributed by atoms with Crippen LogP contribution in [-0.4, -0.2) is 33.3 Å². The molecule has 0 amide bonds. The molecule has 0 aromatic carbocycles. The predicted molar refractivity (Wildman–Crippen MR) is 78.3 cm³/mol. The van der Waals surface area contributed by atoms with Gasteiger partial charge in [0.25, 0.3) is 0 Å². The van der Waals surface area contributed by atoms with Crippen LogP contribution in [0, 0.1) is 0 Å². The predicted octanol–water partition coefficient (Wildman–Crippen LogP) is 4.01. The smallest absolute Gasteiger partial charge is 0.302 e. The van der Waals surface area contributed by atoms with Crippen LogP contribution in [0.25, 0.3) is 0 Å². The molecule has 0 bridgehead atoms. The summed E-state index contributed by atoms with van der Waals surface area (Å²) in [5.74, 6) is -0.832. The molecule has 0 spiro atoms. The van der Waals surface area contributed by atoms with E-state index in [0.29, 0.717) is 13.0 Å². The molecule has 1 rings (SSSR count). The molecule has 0 aromatic heterocycles. The normalized spacial score (nSPS) is 24.1. The van der Waals surface area contributed by atoms with Gasteiger partial charge in [0.2, 0.25) is 8.32 Å². The van der Waals surface area contributed by atoms with Crippen molar-refractivity contribution in [1.82, 2.24) is 0 Å². The lowest BCUT2D eigenvalue weighted by molar-refractivity contribution is -0.141. The van der Waals surface area contributed by atoms with Crippen LogP contribution in [0.15, 0.2) is 0 Å². The minimum Gasteiger partial charge on any atom is -0.466 e. The Morgan fingerprint density at radius 2 is 2.11 bits per heavy atom. The maximum absolute atomic E-state index is 13.3. The van der Waals surface area contributed by atoms with Gasteiger partial charge >= 0.3 is 5.97 Å². The second-order valence-electron chi connectivity index (χ2n) is 5.19. The van der Waals surface area contributed by atoms with Crippen molar-refractivity contribution in [3.63, 3.8) is 0 Å². The molecule has 1 aliphatic rings. The fraction of sp³-hybridized carbons (Fsp3) is 0.929. The maximum Gasteiger partial charge on any atom is 0.302 e. The number of rotatable bonds is 5. The summed E-state index contributed by atoms with van der Waals surface area (Å²) in [5, 5.41) is 0. The average Bonchev–Trinajstić information content (AvgIpc) is 2.39. The van der Waals surface area contributed by atoms with Crippen molar-refractivity contribution in [2.75, 3.05) is 13.2 Å². The molecule has 0 saturated carbocycles. The molecule has 1 aliphatic heterocycles. The largest absolute Gasteiger partial charge is 0.466 e.